The first kappa shape index (κ1) is 15.1. The highest BCUT2D eigenvalue weighted by Crippen LogP contribution is 2.26. The Morgan fingerprint density at radius 3 is 2.96 bits per heavy atom. The average Bonchev–Trinajstić information content (AvgIpc) is 3.19. The Hall–Kier alpha value is -2.81. The van der Waals surface area contributed by atoms with Crippen molar-refractivity contribution in [2.24, 2.45) is 0 Å². The summed E-state index contributed by atoms with van der Waals surface area (Å²) in [4.78, 5) is 19.2. The fraction of sp³-hybridized carbons (Fsp3) is 0.231. The van der Waals surface area contributed by atoms with Gasteiger partial charge in [0.2, 0.25) is 0 Å². The lowest BCUT2D eigenvalue weighted by molar-refractivity contribution is -0.119. The number of likely N-dealkylation sites (N-methyl/N-ethyl adjacent to an activating group) is 1. The number of nitrogens with zero attached hydrogens (tertiary/aromatic N) is 8. The van der Waals surface area contributed by atoms with E-state index in [1.165, 1.54) is 16.0 Å². The molecule has 0 atom stereocenters. The average molecular weight is 333 g/mol. The monoisotopic (exact) mass is 332 g/mol. The van der Waals surface area contributed by atoms with Crippen molar-refractivity contribution < 1.29 is 4.79 Å². The number of carbonyl (C=O) groups is 1. The summed E-state index contributed by atoms with van der Waals surface area (Å²) in [6.07, 6.45) is 6.29. The van der Waals surface area contributed by atoms with Crippen LogP contribution in [0.1, 0.15) is 6.92 Å². The lowest BCUT2D eigenvalue weighted by atomic mass is 10.4. The molecule has 0 aliphatic rings. The van der Waals surface area contributed by atoms with Gasteiger partial charge in [-0.15, -0.1) is 10.2 Å². The predicted octanol–water partition coefficient (Wildman–Crippen LogP) is 0.960. The van der Waals surface area contributed by atoms with Gasteiger partial charge in [-0.1, -0.05) is 11.6 Å². The normalized spacial score (nSPS) is 10.7. The molecule has 1 amide bonds. The maximum atomic E-state index is 12.4. The third kappa shape index (κ3) is 3.19. The molecule has 0 saturated carbocycles. The van der Waals surface area contributed by atoms with Crippen LogP contribution in [0.3, 0.4) is 0 Å². The van der Waals surface area contributed by atoms with E-state index in [4.69, 9.17) is 11.6 Å². The molecule has 0 unspecified atom stereocenters. The number of halogens is 1. The molecule has 3 aromatic rings. The molecule has 3 heterocycles. The van der Waals surface area contributed by atoms with E-state index in [1.54, 1.807) is 29.3 Å². The van der Waals surface area contributed by atoms with Crippen molar-refractivity contribution >= 4 is 23.2 Å². The maximum Gasteiger partial charge on any atom is 0.250 e. The molecule has 0 aliphatic heterocycles. The molecule has 3 aromatic heterocycles. The molecule has 0 spiro atoms. The van der Waals surface area contributed by atoms with E-state index >= 15 is 0 Å². The summed E-state index contributed by atoms with van der Waals surface area (Å²) >= 11 is 6.20. The molecular formula is C13H13ClN8O. The Kier molecular flexibility index (Phi) is 4.29. The zero-order chi connectivity index (χ0) is 16.2. The Morgan fingerprint density at radius 1 is 1.43 bits per heavy atom. The predicted molar refractivity (Wildman–Crippen MR) is 82.2 cm³/mol. The standard InChI is InChI=1S/C13H13ClN8O/c1-2-20(12(23)8-22-17-9-16-19-22)11-7-21(18-13(11)14)10-4-3-5-15-6-10/h3-7,9H,2,8H2,1H3. The molecule has 0 fully saturated rings. The summed E-state index contributed by atoms with van der Waals surface area (Å²) in [7, 11) is 0. The first-order valence-electron chi connectivity index (χ1n) is 6.85. The van der Waals surface area contributed by atoms with Crippen molar-refractivity contribution in [3.63, 3.8) is 0 Å². The smallest absolute Gasteiger partial charge is 0.250 e. The summed E-state index contributed by atoms with van der Waals surface area (Å²) in [6.45, 7) is 2.26. The Morgan fingerprint density at radius 2 is 2.30 bits per heavy atom. The third-order valence-electron chi connectivity index (χ3n) is 3.14. The molecule has 10 heteroatoms. The highest BCUT2D eigenvalue weighted by atomic mass is 35.5. The number of carbonyl (C=O) groups excluding carboxylic acids is 1. The number of pyridine rings is 1. The van der Waals surface area contributed by atoms with Crippen LogP contribution in [0.15, 0.2) is 37.1 Å². The van der Waals surface area contributed by atoms with Crippen molar-refractivity contribution in [3.05, 3.63) is 42.2 Å². The first-order valence-corrected chi connectivity index (χ1v) is 7.23. The van der Waals surface area contributed by atoms with Gasteiger partial charge in [-0.05, 0) is 24.3 Å². The van der Waals surface area contributed by atoms with Crippen molar-refractivity contribution in [1.82, 2.24) is 35.0 Å². The largest absolute Gasteiger partial charge is 0.307 e. The summed E-state index contributed by atoms with van der Waals surface area (Å²) in [6, 6.07) is 3.64. The number of amides is 1. The molecule has 118 valence electrons. The summed E-state index contributed by atoms with van der Waals surface area (Å²) in [5.41, 5.74) is 1.27. The second kappa shape index (κ2) is 6.53. The summed E-state index contributed by atoms with van der Waals surface area (Å²) in [5, 5.41) is 15.5. The summed E-state index contributed by atoms with van der Waals surface area (Å²) in [5.74, 6) is -0.210. The van der Waals surface area contributed by atoms with Crippen molar-refractivity contribution in [3.8, 4) is 5.69 Å². The lowest BCUT2D eigenvalue weighted by Crippen LogP contribution is -2.34. The van der Waals surface area contributed by atoms with Gasteiger partial charge in [0.25, 0.3) is 5.91 Å². The Bertz CT molecular complexity index is 786. The van der Waals surface area contributed by atoms with Crippen LogP contribution in [0, 0.1) is 0 Å². The van der Waals surface area contributed by atoms with Crippen molar-refractivity contribution in [2.75, 3.05) is 11.4 Å². The molecular weight excluding hydrogens is 320 g/mol. The van der Waals surface area contributed by atoms with Gasteiger partial charge in [-0.2, -0.15) is 9.90 Å². The minimum atomic E-state index is -0.210. The van der Waals surface area contributed by atoms with Crippen molar-refractivity contribution in [1.29, 1.82) is 0 Å². The number of tetrazole rings is 1. The van der Waals surface area contributed by atoms with Gasteiger partial charge in [-0.3, -0.25) is 9.78 Å². The van der Waals surface area contributed by atoms with E-state index in [2.05, 4.69) is 25.5 Å². The highest BCUT2D eigenvalue weighted by Gasteiger charge is 2.21. The minimum Gasteiger partial charge on any atom is -0.307 e. The molecule has 0 aromatic carbocycles. The molecule has 0 radical (unpaired) electrons. The Balaban J connectivity index is 1.86. The van der Waals surface area contributed by atoms with Gasteiger partial charge in [-0.25, -0.2) is 4.68 Å². The van der Waals surface area contributed by atoms with Crippen LogP contribution in [0.4, 0.5) is 5.69 Å². The maximum absolute atomic E-state index is 12.4. The van der Waals surface area contributed by atoms with Crippen LogP contribution in [0.25, 0.3) is 5.69 Å². The van der Waals surface area contributed by atoms with E-state index < -0.39 is 0 Å². The van der Waals surface area contributed by atoms with E-state index in [0.717, 1.165) is 5.69 Å². The molecule has 0 N–H and O–H groups in total. The SMILES string of the molecule is CCN(C(=O)Cn1ncnn1)c1cn(-c2cccnc2)nc1Cl. The van der Waals surface area contributed by atoms with Crippen molar-refractivity contribution in [2.45, 2.75) is 13.5 Å². The first-order chi connectivity index (χ1) is 11.2. The fourth-order valence-electron chi connectivity index (χ4n) is 2.09. The van der Waals surface area contributed by atoms with E-state index in [0.29, 0.717) is 12.2 Å². The van der Waals surface area contributed by atoms with Crippen LogP contribution in [-0.4, -0.2) is 47.4 Å². The van der Waals surface area contributed by atoms with Crippen LogP contribution in [-0.2, 0) is 11.3 Å². The van der Waals surface area contributed by atoms with Crippen LogP contribution in [0.2, 0.25) is 5.15 Å². The Labute approximate surface area is 136 Å². The van der Waals surface area contributed by atoms with Gasteiger partial charge < -0.3 is 4.90 Å². The van der Waals surface area contributed by atoms with Crippen LogP contribution in [0.5, 0.6) is 0 Å². The fourth-order valence-corrected chi connectivity index (χ4v) is 2.33. The molecule has 23 heavy (non-hydrogen) atoms. The number of hydrogen-bond acceptors (Lipinski definition) is 6. The molecule has 3 rings (SSSR count). The highest BCUT2D eigenvalue weighted by molar-refractivity contribution is 6.32. The minimum absolute atomic E-state index is 0.0256. The lowest BCUT2D eigenvalue weighted by Gasteiger charge is -2.18. The number of aromatic nitrogens is 7. The second-order valence-corrected chi connectivity index (χ2v) is 4.92. The quantitative estimate of drug-likeness (QED) is 0.690. The summed E-state index contributed by atoms with van der Waals surface area (Å²) < 4.78 is 1.58. The van der Waals surface area contributed by atoms with E-state index in [9.17, 15) is 4.79 Å². The molecule has 0 saturated heterocycles. The van der Waals surface area contributed by atoms with Gasteiger partial charge in [0.05, 0.1) is 18.1 Å². The van der Waals surface area contributed by atoms with Crippen LogP contribution < -0.4 is 4.90 Å². The van der Waals surface area contributed by atoms with Gasteiger partial charge in [0, 0.05) is 12.7 Å². The van der Waals surface area contributed by atoms with E-state index in [1.807, 2.05) is 13.0 Å². The van der Waals surface area contributed by atoms with Gasteiger partial charge in [0.15, 0.2) is 11.5 Å². The third-order valence-corrected chi connectivity index (χ3v) is 3.41. The molecule has 0 aliphatic carbocycles. The number of rotatable bonds is 5. The van der Waals surface area contributed by atoms with E-state index in [-0.39, 0.29) is 17.6 Å². The zero-order valence-corrected chi connectivity index (χ0v) is 13.0. The van der Waals surface area contributed by atoms with Gasteiger partial charge >= 0.3 is 0 Å². The zero-order valence-electron chi connectivity index (χ0n) is 12.2. The molecule has 0 bridgehead atoms. The number of anilines is 1. The molecule has 9 nitrogen and oxygen atoms in total. The van der Waals surface area contributed by atoms with Gasteiger partial charge in [0.1, 0.15) is 12.2 Å². The topological polar surface area (TPSA) is 94.6 Å². The second-order valence-electron chi connectivity index (χ2n) is 4.57. The number of hydrogen-bond donors (Lipinski definition) is 0. The van der Waals surface area contributed by atoms with Crippen LogP contribution >= 0.6 is 11.6 Å².